The molecular weight excluding hydrogens is 362 g/mol. The van der Waals surface area contributed by atoms with Crippen LogP contribution in [0.15, 0.2) is 42.5 Å². The summed E-state index contributed by atoms with van der Waals surface area (Å²) in [6.45, 7) is 1.34. The molecule has 0 aliphatic carbocycles. The highest BCUT2D eigenvalue weighted by atomic mass is 19.4. The number of fused-ring (bicyclic) bond motifs is 1. The molecule has 0 fully saturated rings. The van der Waals surface area contributed by atoms with Crippen LogP contribution in [0.3, 0.4) is 0 Å². The van der Waals surface area contributed by atoms with Gasteiger partial charge in [0, 0.05) is 12.6 Å². The van der Waals surface area contributed by atoms with Crippen molar-refractivity contribution < 1.29 is 22.4 Å². The number of nitrogens with one attached hydrogen (secondary N) is 2. The first-order valence-corrected chi connectivity index (χ1v) is 8.00. The van der Waals surface area contributed by atoms with Crippen LogP contribution in [0, 0.1) is 5.95 Å². The molecule has 1 aromatic heterocycles. The Hall–Kier alpha value is -3.16. The maximum atomic E-state index is 13.7. The number of hydrogen-bond acceptors (Lipinski definition) is 2. The van der Waals surface area contributed by atoms with Gasteiger partial charge in [-0.1, -0.05) is 24.3 Å². The van der Waals surface area contributed by atoms with E-state index in [2.05, 4.69) is 15.5 Å². The average Bonchev–Trinajstić information content (AvgIpc) is 2.94. The van der Waals surface area contributed by atoms with Gasteiger partial charge in [-0.2, -0.15) is 22.7 Å². The molecule has 0 aliphatic heterocycles. The van der Waals surface area contributed by atoms with Gasteiger partial charge < -0.3 is 5.32 Å². The van der Waals surface area contributed by atoms with Crippen LogP contribution in [-0.4, -0.2) is 22.3 Å². The van der Waals surface area contributed by atoms with Crippen LogP contribution >= 0.6 is 0 Å². The summed E-state index contributed by atoms with van der Waals surface area (Å²) in [5.74, 6) is -0.915. The zero-order valence-electron chi connectivity index (χ0n) is 14.2. The van der Waals surface area contributed by atoms with Gasteiger partial charge in [0.05, 0.1) is 17.3 Å². The van der Waals surface area contributed by atoms with Gasteiger partial charge in [0.15, 0.2) is 0 Å². The predicted octanol–water partition coefficient (Wildman–Crippen LogP) is 5.15. The molecule has 1 amide bonds. The van der Waals surface area contributed by atoms with Crippen molar-refractivity contribution in [1.82, 2.24) is 10.2 Å². The monoisotopic (exact) mass is 377 g/mol. The number of anilines is 1. The number of aromatic nitrogens is 2. The van der Waals surface area contributed by atoms with Gasteiger partial charge >= 0.3 is 6.18 Å². The van der Waals surface area contributed by atoms with E-state index in [4.69, 9.17) is 0 Å². The minimum Gasteiger partial charge on any atom is -0.326 e. The number of allylic oxidation sites excluding steroid dienone is 1. The van der Waals surface area contributed by atoms with Crippen molar-refractivity contribution in [2.45, 2.75) is 19.5 Å². The van der Waals surface area contributed by atoms with Crippen LogP contribution < -0.4 is 5.32 Å². The fourth-order valence-electron chi connectivity index (χ4n) is 2.71. The Balaban J connectivity index is 2.00. The highest BCUT2D eigenvalue weighted by molar-refractivity contribution is 5.90. The molecule has 0 saturated heterocycles. The second-order valence-corrected chi connectivity index (χ2v) is 6.03. The van der Waals surface area contributed by atoms with Crippen molar-refractivity contribution in [3.05, 3.63) is 59.5 Å². The summed E-state index contributed by atoms with van der Waals surface area (Å²) < 4.78 is 52.8. The molecule has 8 heteroatoms. The molecule has 0 saturated carbocycles. The summed E-state index contributed by atoms with van der Waals surface area (Å²) in [5.41, 5.74) is 1.68. The average molecular weight is 377 g/mol. The Kier molecular flexibility index (Phi) is 4.98. The molecule has 0 aliphatic rings. The van der Waals surface area contributed by atoms with Gasteiger partial charge in [0.25, 0.3) is 0 Å². The molecule has 2 aromatic carbocycles. The van der Waals surface area contributed by atoms with Crippen molar-refractivity contribution in [2.75, 3.05) is 5.32 Å². The van der Waals surface area contributed by atoms with E-state index in [0.29, 0.717) is 22.3 Å². The van der Waals surface area contributed by atoms with Gasteiger partial charge in [0.1, 0.15) is 0 Å². The lowest BCUT2D eigenvalue weighted by Crippen LogP contribution is -2.08. The molecule has 0 atom stereocenters. The van der Waals surface area contributed by atoms with Gasteiger partial charge in [-0.25, -0.2) is 0 Å². The normalized spacial score (nSPS) is 12.4. The quantitative estimate of drug-likeness (QED) is 0.488. The van der Waals surface area contributed by atoms with E-state index in [-0.39, 0.29) is 16.9 Å². The maximum Gasteiger partial charge on any atom is 0.393 e. The molecule has 140 valence electrons. The number of carbonyl (C=O) groups is 1. The molecule has 27 heavy (non-hydrogen) atoms. The van der Waals surface area contributed by atoms with E-state index in [9.17, 15) is 22.4 Å². The second-order valence-electron chi connectivity index (χ2n) is 6.03. The fourth-order valence-corrected chi connectivity index (χ4v) is 2.71. The minimum absolute atomic E-state index is 0.0279. The Morgan fingerprint density at radius 3 is 2.52 bits per heavy atom. The smallest absolute Gasteiger partial charge is 0.326 e. The van der Waals surface area contributed by atoms with E-state index in [1.165, 1.54) is 49.4 Å². The second kappa shape index (κ2) is 7.22. The number of carbonyl (C=O) groups excluding carboxylic acids is 1. The third-order valence-electron chi connectivity index (χ3n) is 3.84. The number of alkyl halides is 3. The van der Waals surface area contributed by atoms with E-state index in [0.717, 1.165) is 0 Å². The first-order valence-electron chi connectivity index (χ1n) is 8.00. The largest absolute Gasteiger partial charge is 0.393 e. The van der Waals surface area contributed by atoms with E-state index < -0.39 is 18.5 Å². The number of rotatable bonds is 4. The summed E-state index contributed by atoms with van der Waals surface area (Å²) in [6.07, 6.45) is -4.18. The molecule has 2 N–H and O–H groups in total. The van der Waals surface area contributed by atoms with Crippen LogP contribution in [0.2, 0.25) is 0 Å². The zero-order chi connectivity index (χ0) is 19.6. The third kappa shape index (κ3) is 4.72. The number of amides is 1. The fraction of sp³-hybridized carbons (Fsp3) is 0.158. The van der Waals surface area contributed by atoms with Crippen LogP contribution in [-0.2, 0) is 4.79 Å². The molecule has 0 radical (unpaired) electrons. The van der Waals surface area contributed by atoms with Crippen LogP contribution in [0.5, 0.6) is 0 Å². The maximum absolute atomic E-state index is 13.7. The SMILES string of the molecule is CC(=O)Nc1ccc(/C(=C\c2ccc3n[nH]c(F)c3c2)CC(F)(F)F)cc1. The minimum atomic E-state index is -4.41. The van der Waals surface area contributed by atoms with Gasteiger partial charge in [0.2, 0.25) is 11.9 Å². The first-order chi connectivity index (χ1) is 12.7. The molecule has 0 unspecified atom stereocenters. The van der Waals surface area contributed by atoms with Gasteiger partial charge in [-0.15, -0.1) is 0 Å². The summed E-state index contributed by atoms with van der Waals surface area (Å²) in [6, 6.07) is 10.6. The standard InChI is InChI=1S/C19H15F4N3O/c1-11(27)24-15-5-3-13(4-6-15)14(10-19(21,22)23)8-12-2-7-17-16(9-12)18(20)26-25-17/h2-9H,10H2,1H3,(H,24,27)(H,25,26)/b14-8-. The summed E-state index contributed by atoms with van der Waals surface area (Å²) in [4.78, 5) is 11.1. The summed E-state index contributed by atoms with van der Waals surface area (Å²) >= 11 is 0. The van der Waals surface area contributed by atoms with E-state index in [1.54, 1.807) is 6.07 Å². The molecule has 4 nitrogen and oxygen atoms in total. The molecule has 0 bridgehead atoms. The lowest BCUT2D eigenvalue weighted by molar-refractivity contribution is -0.123. The summed E-state index contributed by atoms with van der Waals surface area (Å²) in [7, 11) is 0. The van der Waals surface area contributed by atoms with Crippen LogP contribution in [0.25, 0.3) is 22.6 Å². The number of hydrogen-bond donors (Lipinski definition) is 2. The number of H-pyrrole nitrogens is 1. The van der Waals surface area contributed by atoms with Crippen LogP contribution in [0.4, 0.5) is 23.2 Å². The topological polar surface area (TPSA) is 57.8 Å². The van der Waals surface area contributed by atoms with Crippen molar-refractivity contribution in [3.63, 3.8) is 0 Å². The third-order valence-corrected chi connectivity index (χ3v) is 3.84. The van der Waals surface area contributed by atoms with Gasteiger partial charge in [-0.3, -0.25) is 9.89 Å². The van der Waals surface area contributed by atoms with Crippen LogP contribution in [0.1, 0.15) is 24.5 Å². The molecule has 0 spiro atoms. The Labute approximate surface area is 151 Å². The highest BCUT2D eigenvalue weighted by Gasteiger charge is 2.29. The van der Waals surface area contributed by atoms with E-state index >= 15 is 0 Å². The van der Waals surface area contributed by atoms with E-state index in [1.807, 2.05) is 0 Å². The Bertz CT molecular complexity index is 1000. The number of aromatic amines is 1. The number of benzene rings is 2. The molecule has 3 aromatic rings. The lowest BCUT2D eigenvalue weighted by Gasteiger charge is -2.12. The first kappa shape index (κ1) is 18.6. The Morgan fingerprint density at radius 2 is 1.89 bits per heavy atom. The van der Waals surface area contributed by atoms with Crippen molar-refractivity contribution in [2.24, 2.45) is 0 Å². The molecular formula is C19H15F4N3O. The van der Waals surface area contributed by atoms with Crippen molar-refractivity contribution >= 4 is 34.1 Å². The molecule has 1 heterocycles. The lowest BCUT2D eigenvalue weighted by atomic mass is 9.99. The van der Waals surface area contributed by atoms with Crippen molar-refractivity contribution in [1.29, 1.82) is 0 Å². The zero-order valence-corrected chi connectivity index (χ0v) is 14.2. The number of nitrogens with zero attached hydrogens (tertiary/aromatic N) is 1. The van der Waals surface area contributed by atoms with Crippen molar-refractivity contribution in [3.8, 4) is 0 Å². The highest BCUT2D eigenvalue weighted by Crippen LogP contribution is 2.33. The molecule has 3 rings (SSSR count). The summed E-state index contributed by atoms with van der Waals surface area (Å²) in [5, 5.41) is 8.72. The number of halogens is 4. The predicted molar refractivity (Wildman–Crippen MR) is 95.3 cm³/mol. The van der Waals surface area contributed by atoms with Gasteiger partial charge in [-0.05, 0) is 41.0 Å². The Morgan fingerprint density at radius 1 is 1.19 bits per heavy atom.